The predicted molar refractivity (Wildman–Crippen MR) is 105 cm³/mol. The van der Waals surface area contributed by atoms with Crippen LogP contribution in [0.1, 0.15) is 34.6 Å². The number of amides is 1. The highest BCUT2D eigenvalue weighted by Crippen LogP contribution is 2.12. The lowest BCUT2D eigenvalue weighted by Gasteiger charge is -2.23. The van der Waals surface area contributed by atoms with Crippen molar-refractivity contribution in [1.82, 2.24) is 29.8 Å². The molecular weight excluding hydrogens is 356 g/mol. The molecule has 1 saturated heterocycles. The molecular formula is C20H24N6O2. The normalized spacial score (nSPS) is 17.0. The number of rotatable bonds is 5. The highest BCUT2D eigenvalue weighted by molar-refractivity contribution is 5.95. The van der Waals surface area contributed by atoms with Crippen LogP contribution in [0.5, 0.6) is 0 Å². The van der Waals surface area contributed by atoms with Gasteiger partial charge in [-0.05, 0) is 62.5 Å². The summed E-state index contributed by atoms with van der Waals surface area (Å²) >= 11 is 0. The summed E-state index contributed by atoms with van der Waals surface area (Å²) in [4.78, 5) is 25.7. The molecule has 3 aromatic rings. The number of nitrogens with zero attached hydrogens (tertiary/aromatic N) is 4. The molecule has 8 heteroatoms. The van der Waals surface area contributed by atoms with E-state index in [0.717, 1.165) is 25.9 Å². The van der Waals surface area contributed by atoms with Gasteiger partial charge in [0.15, 0.2) is 11.5 Å². The maximum atomic E-state index is 12.9. The van der Waals surface area contributed by atoms with E-state index in [1.807, 2.05) is 34.9 Å². The van der Waals surface area contributed by atoms with E-state index in [4.69, 9.17) is 0 Å². The molecule has 0 spiro atoms. The molecule has 1 unspecified atom stereocenters. The predicted octanol–water partition coefficient (Wildman–Crippen LogP) is 1.13. The molecule has 1 amide bonds. The van der Waals surface area contributed by atoms with E-state index in [1.54, 1.807) is 17.7 Å². The minimum atomic E-state index is -0.383. The van der Waals surface area contributed by atoms with Gasteiger partial charge >= 0.3 is 0 Å². The summed E-state index contributed by atoms with van der Waals surface area (Å²) in [6, 6.07) is 7.43. The number of fused-ring (bicyclic) bond motifs is 1. The molecule has 0 aliphatic carbocycles. The molecule has 0 radical (unpaired) electrons. The van der Waals surface area contributed by atoms with Crippen LogP contribution in [0.3, 0.4) is 0 Å². The molecule has 8 nitrogen and oxygen atoms in total. The van der Waals surface area contributed by atoms with Gasteiger partial charge in [-0.25, -0.2) is 0 Å². The Morgan fingerprint density at radius 2 is 2.18 bits per heavy atom. The van der Waals surface area contributed by atoms with E-state index in [9.17, 15) is 9.59 Å². The Morgan fingerprint density at radius 1 is 1.29 bits per heavy atom. The average molecular weight is 380 g/mol. The van der Waals surface area contributed by atoms with E-state index in [1.165, 1.54) is 0 Å². The first kappa shape index (κ1) is 18.4. The van der Waals surface area contributed by atoms with Crippen LogP contribution in [0, 0.1) is 12.8 Å². The Balaban J connectivity index is 1.51. The van der Waals surface area contributed by atoms with Crippen LogP contribution in [0.2, 0.25) is 0 Å². The highest BCUT2D eigenvalue weighted by atomic mass is 16.2. The van der Waals surface area contributed by atoms with Gasteiger partial charge in [0, 0.05) is 18.9 Å². The van der Waals surface area contributed by atoms with E-state index in [2.05, 4.69) is 20.8 Å². The monoisotopic (exact) mass is 380 g/mol. The number of aromatic nitrogens is 4. The second kappa shape index (κ2) is 7.93. The van der Waals surface area contributed by atoms with E-state index in [0.29, 0.717) is 29.5 Å². The number of carbonyl (C=O) groups excluding carboxylic acids is 1. The molecule has 0 saturated carbocycles. The third-order valence-electron chi connectivity index (χ3n) is 5.25. The fourth-order valence-corrected chi connectivity index (χ4v) is 3.70. The molecule has 4 heterocycles. The van der Waals surface area contributed by atoms with Crippen molar-refractivity contribution < 1.29 is 4.79 Å². The molecule has 3 aromatic heterocycles. The summed E-state index contributed by atoms with van der Waals surface area (Å²) < 4.78 is 3.47. The summed E-state index contributed by atoms with van der Waals surface area (Å²) in [7, 11) is 0. The largest absolute Gasteiger partial charge is 0.345 e. The number of nitrogens with one attached hydrogen (secondary N) is 2. The quantitative estimate of drug-likeness (QED) is 0.692. The molecule has 0 bridgehead atoms. The van der Waals surface area contributed by atoms with E-state index < -0.39 is 0 Å². The van der Waals surface area contributed by atoms with Crippen molar-refractivity contribution in [3.05, 3.63) is 64.0 Å². The van der Waals surface area contributed by atoms with Gasteiger partial charge in [-0.2, -0.15) is 0 Å². The zero-order chi connectivity index (χ0) is 19.5. The first-order valence-corrected chi connectivity index (χ1v) is 9.61. The van der Waals surface area contributed by atoms with Gasteiger partial charge in [-0.3, -0.25) is 14.0 Å². The van der Waals surface area contributed by atoms with Crippen LogP contribution in [-0.4, -0.2) is 38.2 Å². The van der Waals surface area contributed by atoms with Crippen LogP contribution in [0.4, 0.5) is 0 Å². The summed E-state index contributed by atoms with van der Waals surface area (Å²) in [6.07, 6.45) is 5.84. The van der Waals surface area contributed by atoms with Crippen molar-refractivity contribution in [3.8, 4) is 0 Å². The second-order valence-corrected chi connectivity index (χ2v) is 7.27. The fourth-order valence-electron chi connectivity index (χ4n) is 3.70. The summed E-state index contributed by atoms with van der Waals surface area (Å²) in [5.41, 5.74) is 1.34. The standard InChI is InChI=1S/C20H24N6O2/c1-14-7-10-25(13-15-5-4-8-21-11-15)20(28)18(14)19(27)22-12-17-24-23-16-6-2-3-9-26(16)17/h2-3,6-7,9-10,15,21H,4-5,8,11-13H2,1H3,(H,22,27). The molecule has 1 aliphatic rings. The third-order valence-corrected chi connectivity index (χ3v) is 5.25. The third kappa shape index (κ3) is 3.68. The zero-order valence-electron chi connectivity index (χ0n) is 15.9. The number of carbonyl (C=O) groups is 1. The van der Waals surface area contributed by atoms with Gasteiger partial charge in [0.05, 0.1) is 6.54 Å². The van der Waals surface area contributed by atoms with Crippen molar-refractivity contribution in [2.45, 2.75) is 32.9 Å². The molecule has 1 aliphatic heterocycles. The van der Waals surface area contributed by atoms with Crippen LogP contribution >= 0.6 is 0 Å². The lowest BCUT2D eigenvalue weighted by molar-refractivity contribution is 0.0946. The number of hydrogen-bond acceptors (Lipinski definition) is 5. The Bertz CT molecular complexity index is 1050. The average Bonchev–Trinajstić information content (AvgIpc) is 3.13. The van der Waals surface area contributed by atoms with Gasteiger partial charge in [-0.1, -0.05) is 6.07 Å². The Hall–Kier alpha value is -3.00. The topological polar surface area (TPSA) is 93.3 Å². The maximum Gasteiger partial charge on any atom is 0.263 e. The summed E-state index contributed by atoms with van der Waals surface area (Å²) in [6.45, 7) is 4.55. The number of pyridine rings is 2. The Morgan fingerprint density at radius 3 is 3.00 bits per heavy atom. The fraction of sp³-hybridized carbons (Fsp3) is 0.400. The van der Waals surface area contributed by atoms with Gasteiger partial charge < -0.3 is 15.2 Å². The van der Waals surface area contributed by atoms with Gasteiger partial charge in [0.2, 0.25) is 0 Å². The smallest absolute Gasteiger partial charge is 0.263 e. The molecule has 4 rings (SSSR count). The minimum absolute atomic E-state index is 0.195. The molecule has 1 atom stereocenters. The van der Waals surface area contributed by atoms with Crippen LogP contribution in [0.15, 0.2) is 41.5 Å². The van der Waals surface area contributed by atoms with Crippen molar-refractivity contribution in [2.75, 3.05) is 13.1 Å². The first-order valence-electron chi connectivity index (χ1n) is 9.61. The maximum absolute atomic E-state index is 12.9. The van der Waals surface area contributed by atoms with Gasteiger partial charge in [0.25, 0.3) is 11.5 Å². The van der Waals surface area contributed by atoms with Gasteiger partial charge in [-0.15, -0.1) is 10.2 Å². The first-order chi connectivity index (χ1) is 13.6. The van der Waals surface area contributed by atoms with Crippen molar-refractivity contribution in [1.29, 1.82) is 0 Å². The molecule has 1 fully saturated rings. The van der Waals surface area contributed by atoms with Crippen molar-refractivity contribution >= 4 is 11.6 Å². The number of aryl methyl sites for hydroxylation is 1. The minimum Gasteiger partial charge on any atom is -0.345 e. The van der Waals surface area contributed by atoms with Crippen LogP contribution in [-0.2, 0) is 13.1 Å². The number of piperidine rings is 1. The van der Waals surface area contributed by atoms with Crippen molar-refractivity contribution in [2.24, 2.45) is 5.92 Å². The Labute approximate surface area is 162 Å². The highest BCUT2D eigenvalue weighted by Gasteiger charge is 2.19. The molecule has 28 heavy (non-hydrogen) atoms. The summed E-state index contributed by atoms with van der Waals surface area (Å²) in [5.74, 6) is 0.643. The molecule has 146 valence electrons. The summed E-state index contributed by atoms with van der Waals surface area (Å²) in [5, 5.41) is 14.4. The van der Waals surface area contributed by atoms with E-state index in [-0.39, 0.29) is 23.6 Å². The van der Waals surface area contributed by atoms with Crippen LogP contribution in [0.25, 0.3) is 5.65 Å². The van der Waals surface area contributed by atoms with Crippen LogP contribution < -0.4 is 16.2 Å². The second-order valence-electron chi connectivity index (χ2n) is 7.27. The lowest BCUT2D eigenvalue weighted by Crippen LogP contribution is -2.38. The molecule has 0 aromatic carbocycles. The van der Waals surface area contributed by atoms with Crippen molar-refractivity contribution in [3.63, 3.8) is 0 Å². The van der Waals surface area contributed by atoms with Gasteiger partial charge in [0.1, 0.15) is 5.56 Å². The van der Waals surface area contributed by atoms with E-state index >= 15 is 0 Å². The lowest BCUT2D eigenvalue weighted by atomic mass is 9.99. The zero-order valence-corrected chi connectivity index (χ0v) is 15.9. The SMILES string of the molecule is Cc1ccn(CC2CCCNC2)c(=O)c1C(=O)NCc1nnc2ccccn12. The Kier molecular flexibility index (Phi) is 5.21. The number of hydrogen-bond donors (Lipinski definition) is 2. The molecule has 2 N–H and O–H groups in total.